The fraction of sp³-hybridized carbons (Fsp3) is 0.667. The molecule has 1 aromatic heterocycles. The van der Waals surface area contributed by atoms with E-state index in [1.165, 1.54) is 0 Å². The lowest BCUT2D eigenvalue weighted by Crippen LogP contribution is -2.58. The summed E-state index contributed by atoms with van der Waals surface area (Å²) >= 11 is 0. The molecule has 0 saturated carbocycles. The molecule has 1 amide bonds. The van der Waals surface area contributed by atoms with Gasteiger partial charge in [0.05, 0.1) is 12.1 Å². The largest absolute Gasteiger partial charge is 0.465 e. The number of piperazine rings is 1. The van der Waals surface area contributed by atoms with Gasteiger partial charge in [-0.2, -0.15) is 0 Å². The first-order valence-corrected chi connectivity index (χ1v) is 7.43. The predicted molar refractivity (Wildman–Crippen MR) is 78.2 cm³/mol. The molecule has 3 atom stereocenters. The Balaban J connectivity index is 2.32. The van der Waals surface area contributed by atoms with Gasteiger partial charge in [-0.05, 0) is 31.9 Å². The van der Waals surface area contributed by atoms with Crippen molar-refractivity contribution < 1.29 is 9.21 Å². The van der Waals surface area contributed by atoms with Gasteiger partial charge < -0.3 is 15.5 Å². The van der Waals surface area contributed by atoms with Crippen LogP contribution in [0.15, 0.2) is 16.5 Å². The number of rotatable bonds is 5. The Hall–Kier alpha value is -1.33. The lowest BCUT2D eigenvalue weighted by molar-refractivity contribution is -0.131. The van der Waals surface area contributed by atoms with Crippen LogP contribution in [-0.2, 0) is 4.79 Å². The Morgan fingerprint density at radius 3 is 2.80 bits per heavy atom. The summed E-state index contributed by atoms with van der Waals surface area (Å²) in [7, 11) is 0. The quantitative estimate of drug-likeness (QED) is 0.858. The number of hydrogen-bond acceptors (Lipinski definition) is 4. The maximum Gasteiger partial charge on any atom is 0.237 e. The van der Waals surface area contributed by atoms with E-state index in [2.05, 4.69) is 17.1 Å². The second-order valence-electron chi connectivity index (χ2n) is 5.42. The highest BCUT2D eigenvalue weighted by atomic mass is 16.3. The van der Waals surface area contributed by atoms with Gasteiger partial charge in [-0.15, -0.1) is 0 Å². The summed E-state index contributed by atoms with van der Waals surface area (Å²) in [6.07, 6.45) is 1.62. The average molecular weight is 279 g/mol. The van der Waals surface area contributed by atoms with Crippen LogP contribution in [0.5, 0.6) is 0 Å². The van der Waals surface area contributed by atoms with E-state index in [1.54, 1.807) is 0 Å². The first kappa shape index (κ1) is 15.1. The molecule has 0 bridgehead atoms. The van der Waals surface area contributed by atoms with E-state index in [-0.39, 0.29) is 24.0 Å². The van der Waals surface area contributed by atoms with E-state index >= 15 is 0 Å². The first-order valence-electron chi connectivity index (χ1n) is 7.43. The minimum Gasteiger partial charge on any atom is -0.465 e. The maximum atomic E-state index is 12.1. The third-order valence-corrected chi connectivity index (χ3v) is 4.05. The molecule has 5 heteroatoms. The number of furan rings is 1. The van der Waals surface area contributed by atoms with E-state index in [4.69, 9.17) is 10.2 Å². The van der Waals surface area contributed by atoms with Gasteiger partial charge in [0.25, 0.3) is 0 Å². The highest BCUT2D eigenvalue weighted by Gasteiger charge is 2.37. The number of nitrogens with zero attached hydrogens (tertiary/aromatic N) is 1. The summed E-state index contributed by atoms with van der Waals surface area (Å²) in [4.78, 5) is 14.3. The molecule has 5 nitrogen and oxygen atoms in total. The van der Waals surface area contributed by atoms with Crippen LogP contribution < -0.4 is 11.1 Å². The molecule has 1 aliphatic heterocycles. The standard InChI is InChI=1S/C15H25N3O2/c1-4-11(16)14(13-7-6-10(3)20-13)18-9-8-17-15(19)12(18)5-2/h6-7,11-12,14H,4-5,8-9,16H2,1-3H3,(H,17,19). The lowest BCUT2D eigenvalue weighted by Gasteiger charge is -2.41. The number of nitrogens with two attached hydrogens (primary N) is 1. The molecule has 1 fully saturated rings. The summed E-state index contributed by atoms with van der Waals surface area (Å²) in [5.74, 6) is 1.84. The molecule has 3 unspecified atom stereocenters. The molecular weight excluding hydrogens is 254 g/mol. The Labute approximate surface area is 120 Å². The third kappa shape index (κ3) is 2.88. The molecule has 112 valence electrons. The van der Waals surface area contributed by atoms with Crippen molar-refractivity contribution in [1.29, 1.82) is 0 Å². The van der Waals surface area contributed by atoms with Crippen LogP contribution in [0.1, 0.15) is 44.3 Å². The minimum absolute atomic E-state index is 0.0373. The molecule has 1 aliphatic rings. The highest BCUT2D eigenvalue weighted by Crippen LogP contribution is 2.30. The van der Waals surface area contributed by atoms with Crippen molar-refractivity contribution in [2.75, 3.05) is 13.1 Å². The van der Waals surface area contributed by atoms with Gasteiger partial charge in [-0.3, -0.25) is 9.69 Å². The molecule has 1 aromatic rings. The van der Waals surface area contributed by atoms with E-state index in [1.807, 2.05) is 26.0 Å². The number of aryl methyl sites for hydroxylation is 1. The van der Waals surface area contributed by atoms with Crippen LogP contribution in [0.25, 0.3) is 0 Å². The Kier molecular flexibility index (Phi) is 4.83. The van der Waals surface area contributed by atoms with Crippen molar-refractivity contribution in [3.8, 4) is 0 Å². The van der Waals surface area contributed by atoms with Crippen molar-refractivity contribution in [2.45, 2.75) is 51.7 Å². The number of carbonyl (C=O) groups excluding carboxylic acids is 1. The highest BCUT2D eigenvalue weighted by molar-refractivity contribution is 5.82. The van der Waals surface area contributed by atoms with Gasteiger partial charge in [0.15, 0.2) is 0 Å². The van der Waals surface area contributed by atoms with Crippen molar-refractivity contribution in [3.05, 3.63) is 23.7 Å². The number of carbonyl (C=O) groups is 1. The summed E-state index contributed by atoms with van der Waals surface area (Å²) in [5, 5.41) is 2.93. The number of nitrogens with one attached hydrogen (secondary N) is 1. The van der Waals surface area contributed by atoms with Crippen LogP contribution in [0.3, 0.4) is 0 Å². The van der Waals surface area contributed by atoms with Crippen molar-refractivity contribution >= 4 is 5.91 Å². The second-order valence-corrected chi connectivity index (χ2v) is 5.42. The molecule has 2 heterocycles. The average Bonchev–Trinajstić information content (AvgIpc) is 2.85. The van der Waals surface area contributed by atoms with Crippen molar-refractivity contribution in [2.24, 2.45) is 5.73 Å². The zero-order valence-corrected chi connectivity index (χ0v) is 12.6. The van der Waals surface area contributed by atoms with Crippen LogP contribution in [0.4, 0.5) is 0 Å². The third-order valence-electron chi connectivity index (χ3n) is 4.05. The molecule has 0 spiro atoms. The molecule has 3 N–H and O–H groups in total. The van der Waals surface area contributed by atoms with Gasteiger partial charge in [-0.1, -0.05) is 13.8 Å². The van der Waals surface area contributed by atoms with Gasteiger partial charge in [-0.25, -0.2) is 0 Å². The molecular formula is C15H25N3O2. The van der Waals surface area contributed by atoms with E-state index < -0.39 is 0 Å². The number of amides is 1. The second kappa shape index (κ2) is 6.41. The zero-order valence-electron chi connectivity index (χ0n) is 12.6. The zero-order chi connectivity index (χ0) is 14.7. The van der Waals surface area contributed by atoms with Gasteiger partial charge >= 0.3 is 0 Å². The maximum absolute atomic E-state index is 12.1. The fourth-order valence-corrected chi connectivity index (χ4v) is 2.94. The molecule has 20 heavy (non-hydrogen) atoms. The minimum atomic E-state index is -0.128. The van der Waals surface area contributed by atoms with E-state index in [0.717, 1.165) is 30.9 Å². The van der Waals surface area contributed by atoms with E-state index in [9.17, 15) is 4.79 Å². The van der Waals surface area contributed by atoms with Gasteiger partial charge in [0.1, 0.15) is 11.5 Å². The van der Waals surface area contributed by atoms with E-state index in [0.29, 0.717) is 6.54 Å². The summed E-state index contributed by atoms with van der Waals surface area (Å²) < 4.78 is 5.80. The normalized spacial score (nSPS) is 23.4. The van der Waals surface area contributed by atoms with Gasteiger partial charge in [0.2, 0.25) is 5.91 Å². The van der Waals surface area contributed by atoms with Crippen LogP contribution >= 0.6 is 0 Å². The van der Waals surface area contributed by atoms with Crippen molar-refractivity contribution in [1.82, 2.24) is 10.2 Å². The monoisotopic (exact) mass is 279 g/mol. The van der Waals surface area contributed by atoms with Gasteiger partial charge in [0, 0.05) is 19.1 Å². The summed E-state index contributed by atoms with van der Waals surface area (Å²) in [6.45, 7) is 7.51. The molecule has 1 saturated heterocycles. The first-order chi connectivity index (χ1) is 9.58. The SMILES string of the molecule is CCC(N)C(c1ccc(C)o1)N1CCNC(=O)C1CC. The Bertz CT molecular complexity index is 458. The lowest BCUT2D eigenvalue weighted by atomic mass is 9.97. The molecule has 0 aliphatic carbocycles. The van der Waals surface area contributed by atoms with Crippen LogP contribution in [-0.4, -0.2) is 36.0 Å². The fourth-order valence-electron chi connectivity index (χ4n) is 2.94. The topological polar surface area (TPSA) is 71.5 Å². The predicted octanol–water partition coefficient (Wildman–Crippen LogP) is 1.58. The van der Waals surface area contributed by atoms with Crippen molar-refractivity contribution in [3.63, 3.8) is 0 Å². The number of hydrogen-bond donors (Lipinski definition) is 2. The molecule has 0 radical (unpaired) electrons. The summed E-state index contributed by atoms with van der Waals surface area (Å²) in [5.41, 5.74) is 6.32. The van der Waals surface area contributed by atoms with Crippen LogP contribution in [0, 0.1) is 6.92 Å². The molecule has 0 aromatic carbocycles. The Morgan fingerprint density at radius 2 is 2.25 bits per heavy atom. The van der Waals surface area contributed by atoms with Crippen LogP contribution in [0.2, 0.25) is 0 Å². The smallest absolute Gasteiger partial charge is 0.237 e. The summed E-state index contributed by atoms with van der Waals surface area (Å²) in [6, 6.07) is 3.73. The molecule has 2 rings (SSSR count). The Morgan fingerprint density at radius 1 is 1.50 bits per heavy atom.